The lowest BCUT2D eigenvalue weighted by Gasteiger charge is -2.32. The maximum Gasteiger partial charge on any atom is 0.157 e. The van der Waals surface area contributed by atoms with Gasteiger partial charge in [-0.3, -0.25) is 9.88 Å². The third kappa shape index (κ3) is 3.96. The average molecular weight is 351 g/mol. The minimum atomic E-state index is -0.119. The number of rotatable bonds is 5. The van der Waals surface area contributed by atoms with Crippen LogP contribution in [-0.4, -0.2) is 37.9 Å². The van der Waals surface area contributed by atoms with E-state index in [0.29, 0.717) is 12.5 Å². The fourth-order valence-corrected chi connectivity index (χ4v) is 3.65. The largest absolute Gasteiger partial charge is 0.343 e. The van der Waals surface area contributed by atoms with Crippen molar-refractivity contribution in [3.8, 4) is 11.5 Å². The van der Waals surface area contributed by atoms with E-state index in [1.165, 1.54) is 12.5 Å². The van der Waals surface area contributed by atoms with Crippen molar-refractivity contribution in [3.63, 3.8) is 0 Å². The van der Waals surface area contributed by atoms with Gasteiger partial charge in [0.05, 0.1) is 11.9 Å². The van der Waals surface area contributed by atoms with Gasteiger partial charge in [0.2, 0.25) is 0 Å². The Morgan fingerprint density at radius 1 is 1.23 bits per heavy atom. The quantitative estimate of drug-likeness (QED) is 0.765. The zero-order chi connectivity index (χ0) is 17.8. The van der Waals surface area contributed by atoms with E-state index in [4.69, 9.17) is 4.98 Å². The summed E-state index contributed by atoms with van der Waals surface area (Å²) >= 11 is 0. The molecule has 0 saturated carbocycles. The van der Waals surface area contributed by atoms with Gasteiger partial charge >= 0.3 is 0 Å². The Kier molecular flexibility index (Phi) is 5.02. The standard InChI is InChI=1S/C20H22FN5/c21-18-6-2-1-5-16(18)14-26-9-3-4-15(13-26)10-17-11-22-12-19(25-17)20-23-7-8-24-20/h1-2,5-8,11-12,15H,3-4,9-10,13-14H2,(H,23,24). The fourth-order valence-electron chi connectivity index (χ4n) is 3.65. The number of benzene rings is 1. The summed E-state index contributed by atoms with van der Waals surface area (Å²) in [5, 5.41) is 0. The molecule has 1 N–H and O–H groups in total. The summed E-state index contributed by atoms with van der Waals surface area (Å²) in [6.07, 6.45) is 10.2. The number of imidazole rings is 1. The number of likely N-dealkylation sites (tertiary alicyclic amines) is 1. The van der Waals surface area contributed by atoms with Gasteiger partial charge < -0.3 is 4.98 Å². The Morgan fingerprint density at radius 2 is 2.15 bits per heavy atom. The molecule has 134 valence electrons. The van der Waals surface area contributed by atoms with Gasteiger partial charge in [0.15, 0.2) is 5.82 Å². The van der Waals surface area contributed by atoms with Crippen molar-refractivity contribution in [1.29, 1.82) is 0 Å². The Labute approximate surface area is 152 Å². The van der Waals surface area contributed by atoms with Crippen molar-refractivity contribution in [2.45, 2.75) is 25.8 Å². The van der Waals surface area contributed by atoms with Crippen LogP contribution in [-0.2, 0) is 13.0 Å². The predicted octanol–water partition coefficient (Wildman–Crippen LogP) is 3.46. The van der Waals surface area contributed by atoms with Crippen LogP contribution in [0.5, 0.6) is 0 Å². The molecule has 6 heteroatoms. The summed E-state index contributed by atoms with van der Waals surface area (Å²) in [6, 6.07) is 7.04. The highest BCUT2D eigenvalue weighted by atomic mass is 19.1. The average Bonchev–Trinajstić information content (AvgIpc) is 3.19. The van der Waals surface area contributed by atoms with Crippen molar-refractivity contribution >= 4 is 0 Å². The van der Waals surface area contributed by atoms with Crippen LogP contribution in [0, 0.1) is 11.7 Å². The molecule has 3 aromatic rings. The van der Waals surface area contributed by atoms with Gasteiger partial charge in [-0.25, -0.2) is 14.4 Å². The molecule has 0 bridgehead atoms. The number of halogens is 1. The van der Waals surface area contributed by atoms with Gasteiger partial charge in [-0.1, -0.05) is 18.2 Å². The summed E-state index contributed by atoms with van der Waals surface area (Å²) in [5.41, 5.74) is 2.52. The van der Waals surface area contributed by atoms with E-state index in [-0.39, 0.29) is 5.82 Å². The second-order valence-corrected chi connectivity index (χ2v) is 6.87. The number of H-pyrrole nitrogens is 1. The molecule has 3 heterocycles. The van der Waals surface area contributed by atoms with Gasteiger partial charge in [0, 0.05) is 37.2 Å². The molecule has 0 aliphatic carbocycles. The normalized spacial score (nSPS) is 18.1. The summed E-state index contributed by atoms with van der Waals surface area (Å²) in [7, 11) is 0. The summed E-state index contributed by atoms with van der Waals surface area (Å²) in [4.78, 5) is 18.7. The molecule has 2 aromatic heterocycles. The zero-order valence-corrected chi connectivity index (χ0v) is 14.6. The van der Waals surface area contributed by atoms with Crippen LogP contribution in [0.25, 0.3) is 11.5 Å². The van der Waals surface area contributed by atoms with Crippen LogP contribution >= 0.6 is 0 Å². The summed E-state index contributed by atoms with van der Waals surface area (Å²) in [6.45, 7) is 2.64. The highest BCUT2D eigenvalue weighted by molar-refractivity contribution is 5.46. The van der Waals surface area contributed by atoms with Crippen LogP contribution < -0.4 is 0 Å². The molecule has 1 unspecified atom stereocenters. The molecule has 1 atom stereocenters. The third-order valence-corrected chi connectivity index (χ3v) is 4.88. The predicted molar refractivity (Wildman–Crippen MR) is 97.7 cm³/mol. The molecule has 1 saturated heterocycles. The number of hydrogen-bond donors (Lipinski definition) is 1. The molecule has 1 aliphatic heterocycles. The maximum absolute atomic E-state index is 13.9. The maximum atomic E-state index is 13.9. The molecule has 0 radical (unpaired) electrons. The Hall–Kier alpha value is -2.60. The molecule has 0 amide bonds. The number of hydrogen-bond acceptors (Lipinski definition) is 4. The first-order valence-corrected chi connectivity index (χ1v) is 9.04. The molecular formula is C20H22FN5. The molecule has 4 rings (SSSR count). The summed E-state index contributed by atoms with van der Waals surface area (Å²) in [5.74, 6) is 1.13. The first kappa shape index (κ1) is 16.8. The molecule has 1 aliphatic rings. The topological polar surface area (TPSA) is 57.7 Å². The highest BCUT2D eigenvalue weighted by Crippen LogP contribution is 2.23. The number of aromatic amines is 1. The van der Waals surface area contributed by atoms with Crippen molar-refractivity contribution in [1.82, 2.24) is 24.8 Å². The van der Waals surface area contributed by atoms with Gasteiger partial charge in [-0.05, 0) is 37.8 Å². The fraction of sp³-hybridized carbons (Fsp3) is 0.350. The molecule has 5 nitrogen and oxygen atoms in total. The van der Waals surface area contributed by atoms with E-state index >= 15 is 0 Å². The van der Waals surface area contributed by atoms with E-state index in [1.54, 1.807) is 24.7 Å². The first-order chi connectivity index (χ1) is 12.8. The van der Waals surface area contributed by atoms with Crippen molar-refractivity contribution in [3.05, 3.63) is 66.1 Å². The Bertz CT molecular complexity index is 849. The lowest BCUT2D eigenvalue weighted by atomic mass is 9.93. The third-order valence-electron chi connectivity index (χ3n) is 4.88. The zero-order valence-electron chi connectivity index (χ0n) is 14.6. The minimum Gasteiger partial charge on any atom is -0.343 e. The second-order valence-electron chi connectivity index (χ2n) is 6.87. The van der Waals surface area contributed by atoms with Crippen LogP contribution in [0.4, 0.5) is 4.39 Å². The van der Waals surface area contributed by atoms with Crippen molar-refractivity contribution < 1.29 is 4.39 Å². The number of nitrogens with one attached hydrogen (secondary N) is 1. The molecule has 1 aromatic carbocycles. The van der Waals surface area contributed by atoms with Crippen LogP contribution in [0.3, 0.4) is 0 Å². The van der Waals surface area contributed by atoms with E-state index in [9.17, 15) is 4.39 Å². The SMILES string of the molecule is Fc1ccccc1CN1CCCC(Cc2cncc(-c3ncc[nH]3)n2)C1. The van der Waals surface area contributed by atoms with Crippen LogP contribution in [0.2, 0.25) is 0 Å². The van der Waals surface area contributed by atoms with Gasteiger partial charge in [0.1, 0.15) is 11.5 Å². The number of piperidine rings is 1. The molecule has 0 spiro atoms. The highest BCUT2D eigenvalue weighted by Gasteiger charge is 2.21. The first-order valence-electron chi connectivity index (χ1n) is 9.04. The second kappa shape index (κ2) is 7.74. The lowest BCUT2D eigenvalue weighted by Crippen LogP contribution is -2.36. The molecule has 26 heavy (non-hydrogen) atoms. The lowest BCUT2D eigenvalue weighted by molar-refractivity contribution is 0.164. The van der Waals surface area contributed by atoms with Crippen LogP contribution in [0.1, 0.15) is 24.1 Å². The van der Waals surface area contributed by atoms with Crippen molar-refractivity contribution in [2.75, 3.05) is 13.1 Å². The van der Waals surface area contributed by atoms with E-state index in [2.05, 4.69) is 19.9 Å². The van der Waals surface area contributed by atoms with Crippen molar-refractivity contribution in [2.24, 2.45) is 5.92 Å². The van der Waals surface area contributed by atoms with Crippen LogP contribution in [0.15, 0.2) is 49.1 Å². The number of aromatic nitrogens is 4. The molecular weight excluding hydrogens is 329 g/mol. The summed E-state index contributed by atoms with van der Waals surface area (Å²) < 4.78 is 13.9. The van der Waals surface area contributed by atoms with E-state index in [0.717, 1.165) is 48.7 Å². The van der Waals surface area contributed by atoms with Gasteiger partial charge in [-0.2, -0.15) is 0 Å². The van der Waals surface area contributed by atoms with E-state index < -0.39 is 0 Å². The molecule has 1 fully saturated rings. The monoisotopic (exact) mass is 351 g/mol. The smallest absolute Gasteiger partial charge is 0.157 e. The Morgan fingerprint density at radius 3 is 3.00 bits per heavy atom. The van der Waals surface area contributed by atoms with Gasteiger partial charge in [-0.15, -0.1) is 0 Å². The van der Waals surface area contributed by atoms with Gasteiger partial charge in [0.25, 0.3) is 0 Å². The Balaban J connectivity index is 1.41. The van der Waals surface area contributed by atoms with E-state index in [1.807, 2.05) is 18.3 Å². The minimum absolute atomic E-state index is 0.119. The number of nitrogens with zero attached hydrogens (tertiary/aromatic N) is 4.